The summed E-state index contributed by atoms with van der Waals surface area (Å²) in [6, 6.07) is 0. The van der Waals surface area contributed by atoms with Crippen molar-refractivity contribution in [1.82, 2.24) is 9.55 Å². The van der Waals surface area contributed by atoms with Crippen molar-refractivity contribution < 1.29 is 18.6 Å². The zero-order valence-electron chi connectivity index (χ0n) is 9.02. The van der Waals surface area contributed by atoms with Gasteiger partial charge in [0.15, 0.2) is 0 Å². The van der Waals surface area contributed by atoms with E-state index < -0.39 is 37.0 Å². The van der Waals surface area contributed by atoms with E-state index in [2.05, 4.69) is 4.98 Å². The average Bonchev–Trinajstić information content (AvgIpc) is 2.59. The van der Waals surface area contributed by atoms with Crippen molar-refractivity contribution in [1.29, 1.82) is 0 Å². The minimum Gasteiger partial charge on any atom is -0.394 e. The number of nitrogen functional groups attached to an aromatic ring is 1. The summed E-state index contributed by atoms with van der Waals surface area (Å²) in [4.78, 5) is 14.8. The molecule has 9 heteroatoms. The molecule has 6 nitrogen and oxygen atoms in total. The van der Waals surface area contributed by atoms with Gasteiger partial charge in [-0.2, -0.15) is 4.98 Å². The zero-order valence-corrected chi connectivity index (χ0v) is 9.77. The minimum absolute atomic E-state index is 0.124. The highest BCUT2D eigenvalue weighted by atomic mass is 35.5. The number of nitrogens with two attached hydrogens (primary N) is 1. The Kier molecular flexibility index (Phi) is 3.26. The largest absolute Gasteiger partial charge is 0.394 e. The van der Waals surface area contributed by atoms with E-state index in [4.69, 9.17) is 27.2 Å². The molecule has 1 aromatic rings. The normalized spacial score (nSPS) is 26.4. The standard InChI is InChI=1S/C9H10ClF2N3O3/c10-5-2-15(8(17)14-6(5)13)7-9(11,12)1-4(3-16)18-7/h2,4,7,16H,1,3H2,(H2,13,14,17)/t4-,7-/m0/s1. The van der Waals surface area contributed by atoms with Crippen LogP contribution in [0.25, 0.3) is 0 Å². The molecule has 1 aromatic heterocycles. The van der Waals surface area contributed by atoms with E-state index in [9.17, 15) is 13.6 Å². The monoisotopic (exact) mass is 281 g/mol. The topological polar surface area (TPSA) is 90.4 Å². The van der Waals surface area contributed by atoms with Gasteiger partial charge in [0, 0.05) is 12.6 Å². The fourth-order valence-corrected chi connectivity index (χ4v) is 1.88. The van der Waals surface area contributed by atoms with Crippen LogP contribution in [-0.2, 0) is 4.74 Å². The van der Waals surface area contributed by atoms with Crippen molar-refractivity contribution in [3.63, 3.8) is 0 Å². The Bertz CT molecular complexity index is 522. The quantitative estimate of drug-likeness (QED) is 0.818. The SMILES string of the molecule is Nc1nc(=O)n([C@H]2O[C@H](CO)CC2(F)F)cc1Cl. The van der Waals surface area contributed by atoms with Gasteiger partial charge in [-0.15, -0.1) is 0 Å². The van der Waals surface area contributed by atoms with E-state index in [1.165, 1.54) is 0 Å². The third-order valence-electron chi connectivity index (χ3n) is 2.57. The van der Waals surface area contributed by atoms with Crippen LogP contribution in [-0.4, -0.2) is 33.3 Å². The molecule has 0 aliphatic carbocycles. The number of alkyl halides is 2. The number of anilines is 1. The lowest BCUT2D eigenvalue weighted by molar-refractivity contribution is -0.120. The molecule has 0 bridgehead atoms. The number of aliphatic hydroxyl groups is 1. The number of ether oxygens (including phenoxy) is 1. The summed E-state index contributed by atoms with van der Waals surface area (Å²) in [5.41, 5.74) is 4.30. The predicted octanol–water partition coefficient (Wildman–Crippen LogP) is 0.394. The maximum atomic E-state index is 13.6. The second-order valence-corrected chi connectivity index (χ2v) is 4.33. The Morgan fingerprint density at radius 1 is 1.72 bits per heavy atom. The molecule has 1 aliphatic rings. The van der Waals surface area contributed by atoms with Crippen LogP contribution in [0.2, 0.25) is 5.02 Å². The molecule has 2 rings (SSSR count). The van der Waals surface area contributed by atoms with Gasteiger partial charge in [-0.05, 0) is 0 Å². The van der Waals surface area contributed by atoms with Crippen LogP contribution in [0.3, 0.4) is 0 Å². The van der Waals surface area contributed by atoms with Crippen LogP contribution in [0, 0.1) is 0 Å². The molecule has 2 heterocycles. The van der Waals surface area contributed by atoms with E-state index in [1.54, 1.807) is 0 Å². The molecule has 18 heavy (non-hydrogen) atoms. The molecular weight excluding hydrogens is 272 g/mol. The van der Waals surface area contributed by atoms with Gasteiger partial charge in [0.1, 0.15) is 5.82 Å². The third-order valence-corrected chi connectivity index (χ3v) is 2.86. The molecule has 1 fully saturated rings. The summed E-state index contributed by atoms with van der Waals surface area (Å²) in [7, 11) is 0. The fourth-order valence-electron chi connectivity index (χ4n) is 1.74. The first-order valence-electron chi connectivity index (χ1n) is 5.03. The van der Waals surface area contributed by atoms with Crippen molar-refractivity contribution in [2.24, 2.45) is 0 Å². The minimum atomic E-state index is -3.29. The Morgan fingerprint density at radius 3 is 2.94 bits per heavy atom. The highest BCUT2D eigenvalue weighted by Gasteiger charge is 2.51. The van der Waals surface area contributed by atoms with Crippen molar-refractivity contribution >= 4 is 17.4 Å². The molecule has 1 aliphatic heterocycles. The maximum absolute atomic E-state index is 13.6. The summed E-state index contributed by atoms with van der Waals surface area (Å²) in [5, 5.41) is 8.70. The van der Waals surface area contributed by atoms with Crippen molar-refractivity contribution in [2.75, 3.05) is 12.3 Å². The van der Waals surface area contributed by atoms with Crippen LogP contribution in [0.15, 0.2) is 11.0 Å². The summed E-state index contributed by atoms with van der Waals surface area (Å²) in [5.74, 6) is -3.53. The number of hydrogen-bond donors (Lipinski definition) is 2. The van der Waals surface area contributed by atoms with Crippen LogP contribution in [0.5, 0.6) is 0 Å². The van der Waals surface area contributed by atoms with Gasteiger partial charge < -0.3 is 15.6 Å². The Morgan fingerprint density at radius 2 is 2.39 bits per heavy atom. The molecule has 0 radical (unpaired) electrons. The van der Waals surface area contributed by atoms with Crippen LogP contribution in [0.1, 0.15) is 12.6 Å². The zero-order chi connectivity index (χ0) is 13.5. The van der Waals surface area contributed by atoms with E-state index in [-0.39, 0.29) is 10.8 Å². The van der Waals surface area contributed by atoms with Crippen LogP contribution < -0.4 is 11.4 Å². The summed E-state index contributed by atoms with van der Waals surface area (Å²) < 4.78 is 32.8. The highest BCUT2D eigenvalue weighted by molar-refractivity contribution is 6.32. The molecule has 100 valence electrons. The molecule has 0 spiro atoms. The highest BCUT2D eigenvalue weighted by Crippen LogP contribution is 2.41. The van der Waals surface area contributed by atoms with E-state index in [0.717, 1.165) is 6.20 Å². The van der Waals surface area contributed by atoms with E-state index in [1.807, 2.05) is 0 Å². The van der Waals surface area contributed by atoms with Crippen molar-refractivity contribution in [2.45, 2.75) is 24.7 Å². The van der Waals surface area contributed by atoms with Gasteiger partial charge in [-0.25, -0.2) is 13.6 Å². The Labute approximate surface area is 105 Å². The molecule has 2 atom stereocenters. The van der Waals surface area contributed by atoms with Gasteiger partial charge in [0.2, 0.25) is 6.23 Å². The molecular formula is C9H10ClF2N3O3. The lowest BCUT2D eigenvalue weighted by atomic mass is 10.2. The lowest BCUT2D eigenvalue weighted by Gasteiger charge is -2.20. The first-order chi connectivity index (χ1) is 8.35. The van der Waals surface area contributed by atoms with Gasteiger partial charge in [0.25, 0.3) is 5.92 Å². The fraction of sp³-hybridized carbons (Fsp3) is 0.556. The average molecular weight is 282 g/mol. The van der Waals surface area contributed by atoms with Gasteiger partial charge in [-0.3, -0.25) is 4.57 Å². The Hall–Kier alpha value is -1.25. The second kappa shape index (κ2) is 4.45. The number of nitrogens with zero attached hydrogens (tertiary/aromatic N) is 2. The predicted molar refractivity (Wildman–Crippen MR) is 58.5 cm³/mol. The van der Waals surface area contributed by atoms with E-state index >= 15 is 0 Å². The smallest absolute Gasteiger partial charge is 0.351 e. The first-order valence-corrected chi connectivity index (χ1v) is 5.41. The first kappa shape index (κ1) is 13.2. The van der Waals surface area contributed by atoms with Gasteiger partial charge in [0.05, 0.1) is 17.7 Å². The van der Waals surface area contributed by atoms with E-state index in [0.29, 0.717) is 4.57 Å². The number of rotatable bonds is 2. The van der Waals surface area contributed by atoms with Crippen molar-refractivity contribution in [3.05, 3.63) is 21.7 Å². The Balaban J connectivity index is 2.43. The number of aliphatic hydroxyl groups excluding tert-OH is 1. The molecule has 0 aromatic carbocycles. The summed E-state index contributed by atoms with van der Waals surface area (Å²) >= 11 is 5.63. The third kappa shape index (κ3) is 2.18. The molecule has 3 N–H and O–H groups in total. The van der Waals surface area contributed by atoms with Gasteiger partial charge >= 0.3 is 5.69 Å². The molecule has 1 saturated heterocycles. The molecule has 0 amide bonds. The maximum Gasteiger partial charge on any atom is 0.351 e. The molecule has 0 unspecified atom stereocenters. The second-order valence-electron chi connectivity index (χ2n) is 3.92. The number of hydrogen-bond acceptors (Lipinski definition) is 5. The van der Waals surface area contributed by atoms with Crippen LogP contribution >= 0.6 is 11.6 Å². The number of aromatic nitrogens is 2. The summed E-state index contributed by atoms with van der Waals surface area (Å²) in [6.45, 7) is -0.559. The van der Waals surface area contributed by atoms with Crippen LogP contribution in [0.4, 0.5) is 14.6 Å². The molecule has 0 saturated carbocycles. The van der Waals surface area contributed by atoms with Gasteiger partial charge in [-0.1, -0.05) is 11.6 Å². The number of halogens is 3. The lowest BCUT2D eigenvalue weighted by Crippen LogP contribution is -2.35. The van der Waals surface area contributed by atoms with Crippen molar-refractivity contribution in [3.8, 4) is 0 Å². The summed E-state index contributed by atoms with van der Waals surface area (Å²) in [6.07, 6.45) is -2.60.